The lowest BCUT2D eigenvalue weighted by molar-refractivity contribution is 0.590. The fourth-order valence-electron chi connectivity index (χ4n) is 1.92. The topological polar surface area (TPSA) is 38.0 Å². The smallest absolute Gasteiger partial charge is 0.0143 e. The maximum atomic E-state index is 5.46. The lowest BCUT2D eigenvalue weighted by Crippen LogP contribution is -2.13. The van der Waals surface area contributed by atoms with Gasteiger partial charge in [-0.15, -0.1) is 0 Å². The third-order valence-electron chi connectivity index (χ3n) is 3.09. The highest BCUT2D eigenvalue weighted by molar-refractivity contribution is 4.90. The van der Waals surface area contributed by atoms with Gasteiger partial charge in [-0.1, -0.05) is 52.0 Å². The van der Waals surface area contributed by atoms with Crippen LogP contribution in [0.4, 0.5) is 0 Å². The molecule has 0 bridgehead atoms. The summed E-state index contributed by atoms with van der Waals surface area (Å²) in [6, 6.07) is 0. The van der Waals surface area contributed by atoms with Gasteiger partial charge in [-0.3, -0.25) is 0 Å². The van der Waals surface area contributed by atoms with Crippen LogP contribution in [-0.4, -0.2) is 13.1 Å². The van der Waals surface area contributed by atoms with Crippen LogP contribution in [0.5, 0.6) is 0 Å². The van der Waals surface area contributed by atoms with Gasteiger partial charge in [-0.05, 0) is 32.2 Å². The molecule has 0 spiro atoms. The SMILES string of the molecule is C=C(CCCCCCCN)NCCCCCC. The average molecular weight is 240 g/mol. The third-order valence-corrected chi connectivity index (χ3v) is 3.09. The molecule has 0 saturated heterocycles. The number of nitrogens with one attached hydrogen (secondary N) is 1. The van der Waals surface area contributed by atoms with Crippen LogP contribution in [0.25, 0.3) is 0 Å². The largest absolute Gasteiger partial charge is 0.389 e. The molecule has 17 heavy (non-hydrogen) atoms. The van der Waals surface area contributed by atoms with Crippen LogP contribution in [-0.2, 0) is 0 Å². The summed E-state index contributed by atoms with van der Waals surface area (Å²) in [6.45, 7) is 8.26. The van der Waals surface area contributed by atoms with Gasteiger partial charge in [0.05, 0.1) is 0 Å². The van der Waals surface area contributed by atoms with Crippen molar-refractivity contribution in [3.05, 3.63) is 12.3 Å². The highest BCUT2D eigenvalue weighted by Crippen LogP contribution is 2.08. The molecule has 2 heteroatoms. The van der Waals surface area contributed by atoms with Crippen molar-refractivity contribution in [1.82, 2.24) is 5.32 Å². The first-order valence-electron chi connectivity index (χ1n) is 7.43. The van der Waals surface area contributed by atoms with Crippen molar-refractivity contribution >= 4 is 0 Å². The molecular formula is C15H32N2. The number of rotatable bonds is 13. The fraction of sp³-hybridized carbons (Fsp3) is 0.867. The number of nitrogens with two attached hydrogens (primary N) is 1. The van der Waals surface area contributed by atoms with Crippen LogP contribution >= 0.6 is 0 Å². The van der Waals surface area contributed by atoms with E-state index in [1.54, 1.807) is 0 Å². The zero-order valence-electron chi connectivity index (χ0n) is 11.8. The number of hydrogen-bond acceptors (Lipinski definition) is 2. The second kappa shape index (κ2) is 13.6. The molecule has 0 aromatic carbocycles. The Balaban J connectivity index is 3.12. The monoisotopic (exact) mass is 240 g/mol. The van der Waals surface area contributed by atoms with Gasteiger partial charge in [-0.2, -0.15) is 0 Å². The first-order chi connectivity index (χ1) is 8.31. The van der Waals surface area contributed by atoms with E-state index in [1.165, 1.54) is 63.5 Å². The molecule has 2 nitrogen and oxygen atoms in total. The predicted molar refractivity (Wildman–Crippen MR) is 78.0 cm³/mol. The number of allylic oxidation sites excluding steroid dienone is 1. The van der Waals surface area contributed by atoms with Gasteiger partial charge >= 0.3 is 0 Å². The Morgan fingerprint density at radius 1 is 0.941 bits per heavy atom. The van der Waals surface area contributed by atoms with Gasteiger partial charge < -0.3 is 11.1 Å². The molecule has 0 aromatic rings. The van der Waals surface area contributed by atoms with E-state index in [1.807, 2.05) is 0 Å². The van der Waals surface area contributed by atoms with Crippen molar-refractivity contribution in [3.63, 3.8) is 0 Å². The van der Waals surface area contributed by atoms with E-state index in [9.17, 15) is 0 Å². The van der Waals surface area contributed by atoms with Gasteiger partial charge in [0.2, 0.25) is 0 Å². The van der Waals surface area contributed by atoms with E-state index >= 15 is 0 Å². The number of hydrogen-bond donors (Lipinski definition) is 2. The molecular weight excluding hydrogens is 208 g/mol. The van der Waals surface area contributed by atoms with E-state index < -0.39 is 0 Å². The van der Waals surface area contributed by atoms with Gasteiger partial charge in [0.1, 0.15) is 0 Å². The molecule has 0 amide bonds. The van der Waals surface area contributed by atoms with Crippen LogP contribution in [0.1, 0.15) is 71.1 Å². The van der Waals surface area contributed by atoms with E-state index in [4.69, 9.17) is 5.73 Å². The summed E-state index contributed by atoms with van der Waals surface area (Å²) in [4.78, 5) is 0. The summed E-state index contributed by atoms with van der Waals surface area (Å²) >= 11 is 0. The Bertz CT molecular complexity index is 166. The first kappa shape index (κ1) is 16.5. The second-order valence-corrected chi connectivity index (χ2v) is 4.90. The van der Waals surface area contributed by atoms with Crippen LogP contribution < -0.4 is 11.1 Å². The molecule has 0 unspecified atom stereocenters. The first-order valence-corrected chi connectivity index (χ1v) is 7.43. The average Bonchev–Trinajstić information content (AvgIpc) is 2.33. The third kappa shape index (κ3) is 13.4. The van der Waals surface area contributed by atoms with Crippen LogP contribution in [0, 0.1) is 0 Å². The molecule has 0 heterocycles. The predicted octanol–water partition coefficient (Wildman–Crippen LogP) is 3.97. The zero-order chi connectivity index (χ0) is 12.8. The van der Waals surface area contributed by atoms with E-state index in [2.05, 4.69) is 18.8 Å². The Hall–Kier alpha value is -0.500. The van der Waals surface area contributed by atoms with Gasteiger partial charge in [0.15, 0.2) is 0 Å². The maximum absolute atomic E-state index is 5.46. The molecule has 102 valence electrons. The molecule has 0 aliphatic carbocycles. The molecule has 0 aliphatic heterocycles. The fourth-order valence-corrected chi connectivity index (χ4v) is 1.92. The quantitative estimate of drug-likeness (QED) is 0.478. The van der Waals surface area contributed by atoms with Crippen molar-refractivity contribution in [3.8, 4) is 0 Å². The number of unbranched alkanes of at least 4 members (excludes halogenated alkanes) is 7. The molecule has 0 aromatic heterocycles. The Kier molecular flexibility index (Phi) is 13.2. The minimum Gasteiger partial charge on any atom is -0.389 e. The summed E-state index contributed by atoms with van der Waals surface area (Å²) in [7, 11) is 0. The Morgan fingerprint density at radius 2 is 1.59 bits per heavy atom. The standard InChI is InChI=1S/C15H32N2/c1-3-4-5-11-14-17-15(2)12-9-7-6-8-10-13-16/h17H,2-14,16H2,1H3. The Labute approximate surface area is 108 Å². The minimum atomic E-state index is 0.839. The zero-order valence-corrected chi connectivity index (χ0v) is 11.8. The molecule has 0 aliphatic rings. The van der Waals surface area contributed by atoms with E-state index in [0.29, 0.717) is 0 Å². The molecule has 0 fully saturated rings. The van der Waals surface area contributed by atoms with Crippen molar-refractivity contribution in [1.29, 1.82) is 0 Å². The van der Waals surface area contributed by atoms with Crippen LogP contribution in [0.2, 0.25) is 0 Å². The Morgan fingerprint density at radius 3 is 2.29 bits per heavy atom. The van der Waals surface area contributed by atoms with Crippen molar-refractivity contribution < 1.29 is 0 Å². The maximum Gasteiger partial charge on any atom is 0.0143 e. The second-order valence-electron chi connectivity index (χ2n) is 4.90. The van der Waals surface area contributed by atoms with E-state index in [0.717, 1.165) is 19.5 Å². The van der Waals surface area contributed by atoms with Gasteiger partial charge in [0.25, 0.3) is 0 Å². The molecule has 0 saturated carbocycles. The minimum absolute atomic E-state index is 0.839. The van der Waals surface area contributed by atoms with Gasteiger partial charge in [-0.25, -0.2) is 0 Å². The summed E-state index contributed by atoms with van der Waals surface area (Å²) < 4.78 is 0. The van der Waals surface area contributed by atoms with Gasteiger partial charge in [0, 0.05) is 12.2 Å². The van der Waals surface area contributed by atoms with E-state index in [-0.39, 0.29) is 0 Å². The highest BCUT2D eigenvalue weighted by atomic mass is 14.9. The molecule has 0 radical (unpaired) electrons. The summed E-state index contributed by atoms with van der Waals surface area (Å²) in [5.41, 5.74) is 6.68. The van der Waals surface area contributed by atoms with Crippen molar-refractivity contribution in [2.24, 2.45) is 5.73 Å². The molecule has 0 rings (SSSR count). The molecule has 3 N–H and O–H groups in total. The lowest BCUT2D eigenvalue weighted by atomic mass is 10.1. The summed E-state index contributed by atoms with van der Waals surface area (Å²) in [6.07, 6.45) is 12.8. The lowest BCUT2D eigenvalue weighted by Gasteiger charge is -2.09. The van der Waals surface area contributed by atoms with Crippen molar-refractivity contribution in [2.45, 2.75) is 71.1 Å². The summed E-state index contributed by atoms with van der Waals surface area (Å²) in [5, 5.41) is 3.43. The normalized spacial score (nSPS) is 10.5. The van der Waals surface area contributed by atoms with Crippen LogP contribution in [0.3, 0.4) is 0 Å². The van der Waals surface area contributed by atoms with Crippen molar-refractivity contribution in [2.75, 3.05) is 13.1 Å². The van der Waals surface area contributed by atoms with Crippen LogP contribution in [0.15, 0.2) is 12.3 Å². The summed E-state index contributed by atoms with van der Waals surface area (Å²) in [5.74, 6) is 0. The highest BCUT2D eigenvalue weighted by Gasteiger charge is 1.95. The molecule has 0 atom stereocenters.